The van der Waals surface area contributed by atoms with E-state index in [1.807, 2.05) is 18.5 Å². The second-order valence-electron chi connectivity index (χ2n) is 9.26. The fourth-order valence-electron chi connectivity index (χ4n) is 4.96. The third-order valence-electron chi connectivity index (χ3n) is 7.35. The Bertz CT molecular complexity index is 1270. The fourth-order valence-corrected chi connectivity index (χ4v) is 4.96. The number of aryl methyl sites for hydroxylation is 1. The van der Waals surface area contributed by atoms with Crippen molar-refractivity contribution in [3.05, 3.63) is 60.4 Å². The number of piperidine rings is 1. The van der Waals surface area contributed by atoms with Crippen LogP contribution in [0.5, 0.6) is 0 Å². The molecule has 7 heteroatoms. The van der Waals surface area contributed by atoms with Crippen molar-refractivity contribution in [1.29, 1.82) is 0 Å². The van der Waals surface area contributed by atoms with Crippen molar-refractivity contribution in [2.75, 3.05) is 24.5 Å². The highest BCUT2D eigenvalue weighted by molar-refractivity contribution is 5.80. The number of hydrogen-bond acceptors (Lipinski definition) is 6. The minimum Gasteiger partial charge on any atom is -0.378 e. The number of hydrogen-bond donors (Lipinski definition) is 3. The number of nitrogens with zero attached hydrogens (tertiary/aromatic N) is 4. The highest BCUT2D eigenvalue weighted by Gasteiger charge is 2.47. The Morgan fingerprint density at radius 1 is 1.03 bits per heavy atom. The van der Waals surface area contributed by atoms with E-state index < -0.39 is 0 Å². The molecule has 1 unspecified atom stereocenters. The van der Waals surface area contributed by atoms with Crippen LogP contribution in [0, 0.1) is 5.41 Å². The molecule has 1 spiro atoms. The number of rotatable bonds is 4. The number of fused-ring (bicyclic) bond motifs is 1. The molecule has 0 saturated carbocycles. The second kappa shape index (κ2) is 7.93. The van der Waals surface area contributed by atoms with E-state index in [4.69, 9.17) is 9.97 Å². The first-order valence-electron chi connectivity index (χ1n) is 11.7. The number of aliphatic hydroxyl groups excluding tert-OH is 1. The zero-order chi connectivity index (χ0) is 22.4. The zero-order valence-corrected chi connectivity index (χ0v) is 18.8. The van der Waals surface area contributed by atoms with Crippen LogP contribution < -0.4 is 10.2 Å². The minimum absolute atomic E-state index is 0.0697. The Morgan fingerprint density at radius 3 is 2.48 bits per heavy atom. The van der Waals surface area contributed by atoms with Gasteiger partial charge in [-0.1, -0.05) is 13.0 Å². The Balaban J connectivity index is 1.16. The van der Waals surface area contributed by atoms with Gasteiger partial charge in [0, 0.05) is 48.6 Å². The molecule has 0 aliphatic carbocycles. The summed E-state index contributed by atoms with van der Waals surface area (Å²) < 4.78 is 0. The van der Waals surface area contributed by atoms with Crippen LogP contribution in [0.25, 0.3) is 33.7 Å². The summed E-state index contributed by atoms with van der Waals surface area (Å²) in [5.74, 6) is 1.82. The Hall–Kier alpha value is -3.29. The molecule has 2 aliphatic heterocycles. The summed E-state index contributed by atoms with van der Waals surface area (Å²) >= 11 is 0. The van der Waals surface area contributed by atoms with Crippen LogP contribution in [0.1, 0.15) is 25.3 Å². The van der Waals surface area contributed by atoms with Crippen molar-refractivity contribution in [3.8, 4) is 22.6 Å². The van der Waals surface area contributed by atoms with Crippen molar-refractivity contribution < 1.29 is 5.11 Å². The molecule has 3 aromatic heterocycles. The van der Waals surface area contributed by atoms with Gasteiger partial charge in [-0.05, 0) is 61.2 Å². The van der Waals surface area contributed by atoms with E-state index in [9.17, 15) is 5.11 Å². The largest absolute Gasteiger partial charge is 0.378 e. The Kier molecular flexibility index (Phi) is 4.89. The number of H-pyrrole nitrogens is 1. The van der Waals surface area contributed by atoms with E-state index in [1.165, 1.54) is 5.56 Å². The normalized spacial score (nSPS) is 19.7. The standard InChI is InChI=1S/C26H28N6O/c1-2-17-3-6-21-22(13-17)31-24(30-21)19-4-7-20(27-15-19)18-5-8-23(28-14-18)32-11-9-26(10-12-32)16-29-25(26)33/h3-8,13-15,25,29,33H,2,9-12,16H2,1H3,(H,30,31). The summed E-state index contributed by atoms with van der Waals surface area (Å²) in [7, 11) is 0. The van der Waals surface area contributed by atoms with Crippen LogP contribution in [0.4, 0.5) is 5.82 Å². The van der Waals surface area contributed by atoms with Crippen LogP contribution in [0.3, 0.4) is 0 Å². The van der Waals surface area contributed by atoms with Gasteiger partial charge in [-0.25, -0.2) is 9.97 Å². The molecule has 1 aromatic carbocycles. The third kappa shape index (κ3) is 3.57. The molecule has 2 aliphatic rings. The summed E-state index contributed by atoms with van der Waals surface area (Å²) in [6.07, 6.45) is 6.41. The third-order valence-corrected chi connectivity index (χ3v) is 7.35. The lowest BCUT2D eigenvalue weighted by Gasteiger charge is -2.52. The van der Waals surface area contributed by atoms with Crippen LogP contribution in [-0.2, 0) is 6.42 Å². The monoisotopic (exact) mass is 440 g/mol. The maximum absolute atomic E-state index is 10.0. The summed E-state index contributed by atoms with van der Waals surface area (Å²) in [6.45, 7) is 4.93. The maximum atomic E-state index is 10.0. The lowest BCUT2D eigenvalue weighted by atomic mass is 9.71. The van der Waals surface area contributed by atoms with Gasteiger partial charge in [-0.15, -0.1) is 0 Å². The van der Waals surface area contributed by atoms with E-state index in [0.717, 1.165) is 78.4 Å². The number of anilines is 1. The van der Waals surface area contributed by atoms with Crippen molar-refractivity contribution in [2.24, 2.45) is 5.41 Å². The molecule has 0 amide bonds. The Labute approximate surface area is 192 Å². The van der Waals surface area contributed by atoms with E-state index in [0.29, 0.717) is 0 Å². The highest BCUT2D eigenvalue weighted by Crippen LogP contribution is 2.40. The number of nitrogens with one attached hydrogen (secondary N) is 2. The van der Waals surface area contributed by atoms with E-state index in [1.54, 1.807) is 0 Å². The molecule has 168 valence electrons. The average Bonchev–Trinajstić information content (AvgIpc) is 3.31. The molecule has 5 heterocycles. The van der Waals surface area contributed by atoms with Gasteiger partial charge in [0.2, 0.25) is 0 Å². The predicted octanol–water partition coefficient (Wildman–Crippen LogP) is 3.76. The summed E-state index contributed by atoms with van der Waals surface area (Å²) in [4.78, 5) is 19.8. The van der Waals surface area contributed by atoms with Crippen LogP contribution in [-0.4, -0.2) is 50.9 Å². The topological polar surface area (TPSA) is 90.0 Å². The maximum Gasteiger partial charge on any atom is 0.140 e. The Morgan fingerprint density at radius 2 is 1.85 bits per heavy atom. The van der Waals surface area contributed by atoms with Gasteiger partial charge in [-0.3, -0.25) is 10.3 Å². The molecule has 0 bridgehead atoms. The molecule has 7 nitrogen and oxygen atoms in total. The molecule has 0 radical (unpaired) electrons. The number of imidazole rings is 1. The second-order valence-corrected chi connectivity index (χ2v) is 9.26. The van der Waals surface area contributed by atoms with Gasteiger partial charge >= 0.3 is 0 Å². The predicted molar refractivity (Wildman–Crippen MR) is 130 cm³/mol. The molecule has 2 fully saturated rings. The first kappa shape index (κ1) is 20.3. The van der Waals surface area contributed by atoms with E-state index >= 15 is 0 Å². The summed E-state index contributed by atoms with van der Waals surface area (Å²) in [6, 6.07) is 14.6. The van der Waals surface area contributed by atoms with Crippen LogP contribution >= 0.6 is 0 Å². The molecule has 33 heavy (non-hydrogen) atoms. The van der Waals surface area contributed by atoms with Gasteiger partial charge in [0.15, 0.2) is 0 Å². The molecule has 4 aromatic rings. The SMILES string of the molecule is CCc1ccc2nc(-c3ccc(-c4ccc(N5CCC6(CC5)CNC6O)nc4)nc3)[nH]c2c1. The molecule has 2 saturated heterocycles. The van der Waals surface area contributed by atoms with Gasteiger partial charge in [0.1, 0.15) is 17.9 Å². The van der Waals surface area contributed by atoms with Crippen molar-refractivity contribution in [2.45, 2.75) is 32.4 Å². The molecule has 3 N–H and O–H groups in total. The summed E-state index contributed by atoms with van der Waals surface area (Å²) in [5.41, 5.74) is 6.24. The van der Waals surface area contributed by atoms with E-state index in [2.05, 4.69) is 63.5 Å². The summed E-state index contributed by atoms with van der Waals surface area (Å²) in [5, 5.41) is 13.1. The number of aliphatic hydroxyl groups is 1. The lowest BCUT2D eigenvalue weighted by Crippen LogP contribution is -2.65. The van der Waals surface area contributed by atoms with Gasteiger partial charge in [-0.2, -0.15) is 0 Å². The molecule has 1 atom stereocenters. The van der Waals surface area contributed by atoms with Crippen LogP contribution in [0.2, 0.25) is 0 Å². The van der Waals surface area contributed by atoms with Crippen LogP contribution in [0.15, 0.2) is 54.9 Å². The molecular weight excluding hydrogens is 412 g/mol. The number of aromatic nitrogens is 4. The minimum atomic E-state index is -0.350. The fraction of sp³-hybridized carbons (Fsp3) is 0.346. The smallest absolute Gasteiger partial charge is 0.140 e. The number of pyridine rings is 2. The molecule has 6 rings (SSSR count). The first-order chi connectivity index (χ1) is 16.1. The first-order valence-corrected chi connectivity index (χ1v) is 11.7. The van der Waals surface area contributed by atoms with E-state index in [-0.39, 0.29) is 11.6 Å². The quantitative estimate of drug-likeness (QED) is 0.448. The zero-order valence-electron chi connectivity index (χ0n) is 18.8. The number of benzene rings is 1. The van der Waals surface area contributed by atoms with Crippen molar-refractivity contribution >= 4 is 16.9 Å². The number of aromatic amines is 1. The van der Waals surface area contributed by atoms with Gasteiger partial charge in [0.25, 0.3) is 0 Å². The van der Waals surface area contributed by atoms with Gasteiger partial charge in [0.05, 0.1) is 16.7 Å². The lowest BCUT2D eigenvalue weighted by molar-refractivity contribution is -0.0898. The van der Waals surface area contributed by atoms with Gasteiger partial charge < -0.3 is 15.0 Å². The highest BCUT2D eigenvalue weighted by atomic mass is 16.3. The molecular formula is C26H28N6O. The van der Waals surface area contributed by atoms with Crippen molar-refractivity contribution in [3.63, 3.8) is 0 Å². The average molecular weight is 441 g/mol. The van der Waals surface area contributed by atoms with Crippen molar-refractivity contribution in [1.82, 2.24) is 25.3 Å².